The number of alkyl halides is 1. The molecule has 0 heterocycles. The highest BCUT2D eigenvalue weighted by molar-refractivity contribution is 6.18. The van der Waals surface area contributed by atoms with Crippen molar-refractivity contribution in [3.05, 3.63) is 29.8 Å². The van der Waals surface area contributed by atoms with E-state index >= 15 is 0 Å². The minimum Gasteiger partial charge on any atom is -0.390 e. The van der Waals surface area contributed by atoms with E-state index in [-0.39, 0.29) is 5.88 Å². The number of halogens is 1. The molecule has 0 saturated heterocycles. The van der Waals surface area contributed by atoms with Gasteiger partial charge in [-0.3, -0.25) is 0 Å². The monoisotopic (exact) mass is 199 g/mol. The van der Waals surface area contributed by atoms with E-state index in [4.69, 9.17) is 11.6 Å². The molecular weight excluding hydrogens is 186 g/mol. The number of hydrogen-bond donors (Lipinski definition) is 2. The molecule has 3 heteroatoms. The Kier molecular flexibility index (Phi) is 4.06. The summed E-state index contributed by atoms with van der Waals surface area (Å²) in [5.41, 5.74) is 2.23. The van der Waals surface area contributed by atoms with Crippen LogP contribution in [0.5, 0.6) is 0 Å². The minimum absolute atomic E-state index is 0.263. The molecule has 2 nitrogen and oxygen atoms in total. The van der Waals surface area contributed by atoms with Crippen LogP contribution in [0.25, 0.3) is 0 Å². The summed E-state index contributed by atoms with van der Waals surface area (Å²) >= 11 is 5.45. The highest BCUT2D eigenvalue weighted by atomic mass is 35.5. The van der Waals surface area contributed by atoms with Crippen LogP contribution >= 0.6 is 11.6 Å². The second kappa shape index (κ2) is 5.10. The molecule has 0 spiro atoms. The molecule has 0 aliphatic rings. The molecule has 0 radical (unpaired) electrons. The van der Waals surface area contributed by atoms with Crippen molar-refractivity contribution in [3.8, 4) is 0 Å². The zero-order valence-corrected chi connectivity index (χ0v) is 8.38. The highest BCUT2D eigenvalue weighted by Crippen LogP contribution is 2.08. The van der Waals surface area contributed by atoms with Crippen LogP contribution in [-0.2, 0) is 0 Å². The van der Waals surface area contributed by atoms with E-state index in [1.54, 1.807) is 0 Å². The van der Waals surface area contributed by atoms with Crippen LogP contribution in [0, 0.1) is 6.92 Å². The first-order valence-electron chi connectivity index (χ1n) is 4.27. The summed E-state index contributed by atoms with van der Waals surface area (Å²) in [4.78, 5) is 0. The van der Waals surface area contributed by atoms with Crippen LogP contribution in [0.4, 0.5) is 5.69 Å². The lowest BCUT2D eigenvalue weighted by Crippen LogP contribution is -2.20. The third-order valence-corrected chi connectivity index (χ3v) is 2.13. The van der Waals surface area contributed by atoms with Crippen LogP contribution in [0.3, 0.4) is 0 Å². The van der Waals surface area contributed by atoms with Gasteiger partial charge < -0.3 is 10.4 Å². The Hall–Kier alpha value is -0.730. The molecular formula is C10H14ClNO. The fourth-order valence-corrected chi connectivity index (χ4v) is 1.07. The number of rotatable bonds is 4. The summed E-state index contributed by atoms with van der Waals surface area (Å²) in [5, 5.41) is 12.3. The summed E-state index contributed by atoms with van der Waals surface area (Å²) in [6.07, 6.45) is -0.483. The van der Waals surface area contributed by atoms with Crippen LogP contribution in [-0.4, -0.2) is 23.6 Å². The van der Waals surface area contributed by atoms with Crippen LogP contribution in [0.1, 0.15) is 5.56 Å². The summed E-state index contributed by atoms with van der Waals surface area (Å²) in [6, 6.07) is 8.01. The number of aliphatic hydroxyl groups excluding tert-OH is 1. The molecule has 0 aromatic heterocycles. The summed E-state index contributed by atoms with van der Waals surface area (Å²) < 4.78 is 0. The van der Waals surface area contributed by atoms with Crippen LogP contribution in [0.2, 0.25) is 0 Å². The fourth-order valence-electron chi connectivity index (χ4n) is 0.962. The Morgan fingerprint density at radius 3 is 2.54 bits per heavy atom. The SMILES string of the molecule is Cc1ccc(NC[C@@H](O)CCl)cc1. The van der Waals surface area contributed by atoms with E-state index in [1.807, 2.05) is 31.2 Å². The number of benzene rings is 1. The Morgan fingerprint density at radius 2 is 2.00 bits per heavy atom. The largest absolute Gasteiger partial charge is 0.390 e. The first kappa shape index (κ1) is 10.4. The first-order valence-corrected chi connectivity index (χ1v) is 4.80. The van der Waals surface area contributed by atoms with Gasteiger partial charge in [0.25, 0.3) is 0 Å². The third kappa shape index (κ3) is 3.66. The average Bonchev–Trinajstić information content (AvgIpc) is 2.16. The predicted octanol–water partition coefficient (Wildman–Crippen LogP) is 2.01. The lowest BCUT2D eigenvalue weighted by molar-refractivity contribution is 0.211. The Morgan fingerprint density at radius 1 is 1.38 bits per heavy atom. The zero-order chi connectivity index (χ0) is 9.68. The van der Waals surface area contributed by atoms with Crippen LogP contribution in [0.15, 0.2) is 24.3 Å². The molecule has 0 saturated carbocycles. The van der Waals surface area contributed by atoms with Gasteiger partial charge in [0.2, 0.25) is 0 Å². The third-order valence-electron chi connectivity index (χ3n) is 1.77. The smallest absolute Gasteiger partial charge is 0.0847 e. The van der Waals surface area contributed by atoms with Crippen molar-refractivity contribution in [1.82, 2.24) is 0 Å². The molecule has 1 atom stereocenters. The maximum atomic E-state index is 9.18. The number of nitrogens with one attached hydrogen (secondary N) is 1. The molecule has 0 aliphatic carbocycles. The van der Waals surface area contributed by atoms with Gasteiger partial charge in [0.15, 0.2) is 0 Å². The normalized spacial score (nSPS) is 12.5. The standard InChI is InChI=1S/C10H14ClNO/c1-8-2-4-9(5-3-8)12-7-10(13)6-11/h2-5,10,12-13H,6-7H2,1H3/t10-/m0/s1. The maximum absolute atomic E-state index is 9.18. The van der Waals surface area contributed by atoms with E-state index in [1.165, 1.54) is 5.56 Å². The first-order chi connectivity index (χ1) is 6.22. The second-order valence-electron chi connectivity index (χ2n) is 3.06. The quantitative estimate of drug-likeness (QED) is 0.728. The lowest BCUT2D eigenvalue weighted by atomic mass is 10.2. The summed E-state index contributed by atoms with van der Waals surface area (Å²) in [6.45, 7) is 2.53. The van der Waals surface area contributed by atoms with Gasteiger partial charge in [0.1, 0.15) is 0 Å². The van der Waals surface area contributed by atoms with Gasteiger partial charge in [-0.2, -0.15) is 0 Å². The van der Waals surface area contributed by atoms with Crippen LogP contribution < -0.4 is 5.32 Å². The highest BCUT2D eigenvalue weighted by Gasteiger charge is 2.00. The van der Waals surface area contributed by atoms with Gasteiger partial charge in [0, 0.05) is 12.2 Å². The van der Waals surface area contributed by atoms with Gasteiger partial charge in [-0.15, -0.1) is 11.6 Å². The van der Waals surface area contributed by atoms with Crippen molar-refractivity contribution < 1.29 is 5.11 Å². The van der Waals surface area contributed by atoms with E-state index in [2.05, 4.69) is 5.32 Å². The summed E-state index contributed by atoms with van der Waals surface area (Å²) in [5.74, 6) is 0.263. The van der Waals surface area contributed by atoms with E-state index < -0.39 is 6.10 Å². The van der Waals surface area contributed by atoms with Gasteiger partial charge >= 0.3 is 0 Å². The number of anilines is 1. The van der Waals surface area contributed by atoms with Gasteiger partial charge in [-0.05, 0) is 19.1 Å². The van der Waals surface area contributed by atoms with Crippen molar-refractivity contribution in [3.63, 3.8) is 0 Å². The number of aryl methyl sites for hydroxylation is 1. The van der Waals surface area contributed by atoms with Crippen molar-refractivity contribution >= 4 is 17.3 Å². The van der Waals surface area contributed by atoms with Crippen molar-refractivity contribution in [1.29, 1.82) is 0 Å². The lowest BCUT2D eigenvalue weighted by Gasteiger charge is -2.09. The van der Waals surface area contributed by atoms with Crippen molar-refractivity contribution in [2.45, 2.75) is 13.0 Å². The van der Waals surface area contributed by atoms with Crippen molar-refractivity contribution in [2.24, 2.45) is 0 Å². The van der Waals surface area contributed by atoms with E-state index in [0.29, 0.717) is 6.54 Å². The molecule has 0 bridgehead atoms. The van der Waals surface area contributed by atoms with E-state index in [0.717, 1.165) is 5.69 Å². The molecule has 13 heavy (non-hydrogen) atoms. The second-order valence-corrected chi connectivity index (χ2v) is 3.36. The molecule has 1 aromatic rings. The zero-order valence-electron chi connectivity index (χ0n) is 7.63. The van der Waals surface area contributed by atoms with E-state index in [9.17, 15) is 5.11 Å². The number of aliphatic hydroxyl groups is 1. The van der Waals surface area contributed by atoms with Gasteiger partial charge in [-0.25, -0.2) is 0 Å². The average molecular weight is 200 g/mol. The van der Waals surface area contributed by atoms with Crippen molar-refractivity contribution in [2.75, 3.05) is 17.7 Å². The Labute approximate surface area is 83.5 Å². The Balaban J connectivity index is 2.41. The van der Waals surface area contributed by atoms with Gasteiger partial charge in [0.05, 0.1) is 12.0 Å². The molecule has 2 N–H and O–H groups in total. The molecule has 72 valence electrons. The minimum atomic E-state index is -0.483. The predicted molar refractivity (Wildman–Crippen MR) is 56.4 cm³/mol. The molecule has 0 fully saturated rings. The Bertz CT molecular complexity index is 248. The molecule has 0 unspecified atom stereocenters. The molecule has 0 aliphatic heterocycles. The topological polar surface area (TPSA) is 32.3 Å². The fraction of sp³-hybridized carbons (Fsp3) is 0.400. The molecule has 0 amide bonds. The molecule has 1 rings (SSSR count). The summed E-state index contributed by atoms with van der Waals surface area (Å²) in [7, 11) is 0. The van der Waals surface area contributed by atoms with Gasteiger partial charge in [-0.1, -0.05) is 17.7 Å². The number of hydrogen-bond acceptors (Lipinski definition) is 2. The molecule has 1 aromatic carbocycles. The maximum Gasteiger partial charge on any atom is 0.0847 e.